The van der Waals surface area contributed by atoms with E-state index < -0.39 is 0 Å². The zero-order chi connectivity index (χ0) is 23.3. The van der Waals surface area contributed by atoms with E-state index in [9.17, 15) is 0 Å². The first kappa shape index (κ1) is 36.7. The number of allylic oxidation sites excluding steroid dienone is 2. The summed E-state index contributed by atoms with van der Waals surface area (Å²) in [7, 11) is 0. The first-order valence-corrected chi connectivity index (χ1v) is 11.5. The topological polar surface area (TPSA) is 95.2 Å². The molecule has 0 aliphatic rings. The van der Waals surface area contributed by atoms with Gasteiger partial charge in [-0.05, 0) is 25.7 Å². The van der Waals surface area contributed by atoms with E-state index in [0.717, 1.165) is 0 Å². The van der Waals surface area contributed by atoms with Crippen LogP contribution in [0.4, 0.5) is 0 Å². The molecule has 0 atom stereocenters. The van der Waals surface area contributed by atoms with Crippen LogP contribution in [0.2, 0.25) is 0 Å². The Morgan fingerprint density at radius 3 is 0.833 bits per heavy atom. The minimum absolute atomic E-state index is 0. The first-order valence-electron chi connectivity index (χ1n) is 9.49. The predicted molar refractivity (Wildman–Crippen MR) is 138 cm³/mol. The molecule has 0 aromatic carbocycles. The molecule has 0 heterocycles. The molecule has 0 aliphatic heterocycles. The van der Waals surface area contributed by atoms with Gasteiger partial charge in [-0.3, -0.25) is 0 Å². The zero-order valence-corrected chi connectivity index (χ0v) is 23.1. The third-order valence-electron chi connectivity index (χ3n) is 3.74. The molecule has 0 N–H and O–H groups in total. The summed E-state index contributed by atoms with van der Waals surface area (Å²) in [4.78, 5) is 0. The van der Waals surface area contributed by atoms with Gasteiger partial charge in [-0.15, -0.1) is 0 Å². The molecule has 5 nitrogen and oxygen atoms in total. The number of nitriles is 4. The van der Waals surface area contributed by atoms with Gasteiger partial charge >= 0.3 is 25.5 Å². The van der Waals surface area contributed by atoms with Crippen molar-refractivity contribution in [1.29, 1.82) is 21.0 Å². The molecule has 0 bridgehead atoms. The molecule has 1 radical (unpaired) electrons. The summed E-state index contributed by atoms with van der Waals surface area (Å²) in [6.45, 7) is 14.8. The summed E-state index contributed by atoms with van der Waals surface area (Å²) in [6, 6.07) is 6.69. The Bertz CT molecular complexity index is 578. The number of hydrogen-bond acceptors (Lipinski definition) is 4. The van der Waals surface area contributed by atoms with Crippen molar-refractivity contribution in [2.24, 2.45) is 0 Å². The first-order chi connectivity index (χ1) is 13.7. The molecule has 0 saturated heterocycles. The molecule has 169 valence electrons. The van der Waals surface area contributed by atoms with Crippen LogP contribution in [-0.4, -0.2) is 30.7 Å². The molecule has 30 heavy (non-hydrogen) atoms. The Hall–Kier alpha value is -0.681. The van der Waals surface area contributed by atoms with Gasteiger partial charge < -0.3 is 4.48 Å². The second kappa shape index (κ2) is 24.6. The average Bonchev–Trinajstić information content (AvgIpc) is 2.65. The van der Waals surface area contributed by atoms with Crippen molar-refractivity contribution in [1.82, 2.24) is 0 Å². The molecule has 0 aromatic rings. The van der Waals surface area contributed by atoms with E-state index in [1.165, 1.54) is 56.3 Å². The number of rotatable bonds is 8. The second-order valence-electron chi connectivity index (χ2n) is 6.18. The molecule has 0 unspecified atom stereocenters. The Morgan fingerprint density at radius 2 is 0.767 bits per heavy atom. The summed E-state index contributed by atoms with van der Waals surface area (Å²) in [5, 5.41) is 32.4. The van der Waals surface area contributed by atoms with Crippen molar-refractivity contribution < 1.29 is 21.6 Å². The maximum atomic E-state index is 8.10. The molecule has 0 aliphatic carbocycles. The molecule has 0 saturated carbocycles. The number of hydrogen-bond donors (Lipinski definition) is 0. The van der Waals surface area contributed by atoms with E-state index in [1.54, 1.807) is 24.3 Å². The molecule has 0 fully saturated rings. The maximum Gasteiger partial charge on any atom is 2.00 e. The van der Waals surface area contributed by atoms with Crippen LogP contribution in [-0.2, 0) is 67.6 Å². The van der Waals surface area contributed by atoms with Crippen molar-refractivity contribution in [3.05, 3.63) is 19.6 Å². The van der Waals surface area contributed by atoms with Crippen LogP contribution in [0.1, 0.15) is 53.4 Å². The van der Waals surface area contributed by atoms with Crippen LogP contribution in [0.25, 0.3) is 0 Å². The van der Waals surface area contributed by atoms with E-state index in [0.29, 0.717) is 8.47 Å². The monoisotopic (exact) mass is 537 g/mol. The van der Waals surface area contributed by atoms with Crippen LogP contribution in [0.5, 0.6) is 0 Å². The van der Waals surface area contributed by atoms with Crippen LogP contribution in [0.15, 0.2) is 19.6 Å². The van der Waals surface area contributed by atoms with Gasteiger partial charge in [-0.2, -0.15) is 21.0 Å². The minimum atomic E-state index is 0. The van der Waals surface area contributed by atoms with Crippen molar-refractivity contribution >= 4 is 50.5 Å². The Kier molecular flexibility index (Phi) is 30.1. The van der Waals surface area contributed by atoms with Crippen molar-refractivity contribution in [2.75, 3.05) is 26.2 Å². The fourth-order valence-corrected chi connectivity index (χ4v) is 3.29. The molecular weight excluding hydrogens is 502 g/mol. The van der Waals surface area contributed by atoms with Crippen LogP contribution >= 0.6 is 0 Å². The maximum absolute atomic E-state index is 8.10. The quantitative estimate of drug-likeness (QED) is 0.205. The smallest absolute Gasteiger partial charge is 0.324 e. The summed E-state index contributed by atoms with van der Waals surface area (Å²) in [6.07, 6.45) is 5.33. The number of quaternary nitrogens is 1. The minimum Gasteiger partial charge on any atom is -0.324 e. The fraction of sp³-hybridized carbons (Fsp3) is 0.600. The van der Waals surface area contributed by atoms with Crippen molar-refractivity contribution in [2.45, 2.75) is 53.4 Å². The van der Waals surface area contributed by atoms with E-state index in [1.807, 2.05) is 0 Å². The standard InChI is InChI=1S/C12H28N.2C4H2N2S2.Cu/c1-5-9-13(10-6-2,11-7-3)12-8-4;2*5-1-3(2-6)4(7)8;/h5-12H2,1-4H3;2*7-8H;/q+1;;;+2/p+4. The molecule has 0 aromatic heterocycles. The van der Waals surface area contributed by atoms with Crippen LogP contribution in [0.3, 0.4) is 0 Å². The van der Waals surface area contributed by atoms with Gasteiger partial charge in [0.1, 0.15) is 24.3 Å². The molecule has 10 heteroatoms. The largest absolute Gasteiger partial charge is 2.00 e. The van der Waals surface area contributed by atoms with Crippen molar-refractivity contribution in [3.63, 3.8) is 0 Å². The van der Waals surface area contributed by atoms with E-state index >= 15 is 0 Å². The summed E-state index contributed by atoms with van der Waals surface area (Å²) in [5.74, 6) is 0. The van der Waals surface area contributed by atoms with Crippen LogP contribution < -0.4 is 0 Å². The fourth-order valence-electron chi connectivity index (χ4n) is 2.84. The number of nitrogens with zero attached hydrogens (tertiary/aromatic N) is 5. The third kappa shape index (κ3) is 19.3. The predicted octanol–water partition coefficient (Wildman–Crippen LogP) is 1.98. The van der Waals surface area contributed by atoms with E-state index in [-0.39, 0.29) is 28.2 Å². The van der Waals surface area contributed by atoms with Gasteiger partial charge in [-0.1, -0.05) is 27.7 Å². The summed E-state index contributed by atoms with van der Waals surface area (Å²) < 4.78 is 2.14. The van der Waals surface area contributed by atoms with Crippen molar-refractivity contribution in [3.8, 4) is 24.3 Å². The zero-order valence-electron chi connectivity index (χ0n) is 18.2. The third-order valence-corrected chi connectivity index (χ3v) is 4.74. The van der Waals surface area contributed by atoms with E-state index in [4.69, 9.17) is 21.0 Å². The van der Waals surface area contributed by atoms with Gasteiger partial charge in [0.2, 0.25) is 11.1 Å². The Labute approximate surface area is 215 Å². The van der Waals surface area contributed by atoms with Crippen LogP contribution in [0, 0.1) is 45.3 Å². The Balaban J connectivity index is -0.000000174. The van der Waals surface area contributed by atoms with Gasteiger partial charge in [0.15, 0.2) is 0 Å². The molecule has 0 rings (SSSR count). The molecular formula is C20H36CuN5S4+7. The van der Waals surface area contributed by atoms with Gasteiger partial charge in [0.05, 0.1) is 26.2 Å². The summed E-state index contributed by atoms with van der Waals surface area (Å²) >= 11 is 11.8. The molecule has 0 spiro atoms. The second-order valence-corrected chi connectivity index (χ2v) is 9.18. The normalized spacial score (nSPS) is 8.67. The Morgan fingerprint density at radius 1 is 0.567 bits per heavy atom. The molecule has 0 amide bonds. The summed E-state index contributed by atoms with van der Waals surface area (Å²) in [5.41, 5.74) is 0.0802. The van der Waals surface area contributed by atoms with Gasteiger partial charge in [-0.25, -0.2) is 0 Å². The van der Waals surface area contributed by atoms with Gasteiger partial charge in [0.25, 0.3) is 0 Å². The van der Waals surface area contributed by atoms with Gasteiger partial charge in [0, 0.05) is 50.5 Å². The van der Waals surface area contributed by atoms with E-state index in [2.05, 4.69) is 78.2 Å². The SMILES string of the molecule is CCC[N+](CCC)(CCC)CCC.N#CC(C#N)=C([SH2+])[SH2+].N#CC(C#N)=C([SH2+])[SH2+].[Cu+2]. The average molecular weight is 538 g/mol.